The Morgan fingerprint density at radius 3 is 0.636 bits per heavy atom. The van der Waals surface area contributed by atoms with E-state index in [9.17, 15) is 0 Å². The summed E-state index contributed by atoms with van der Waals surface area (Å²) in [6.07, 6.45) is 0. The first-order chi connectivity index (χ1) is 21.4. The Bertz CT molecular complexity index is 1580. The van der Waals surface area contributed by atoms with E-state index in [-0.39, 0.29) is 0 Å². The molecule has 0 saturated carbocycles. The number of benzene rings is 6. The quantitative estimate of drug-likeness (QED) is 0.130. The van der Waals surface area contributed by atoms with Gasteiger partial charge in [-0.1, -0.05) is 36.4 Å². The van der Waals surface area contributed by atoms with E-state index in [2.05, 4.69) is 0 Å². The van der Waals surface area contributed by atoms with E-state index in [1.165, 1.54) is 0 Å². The summed E-state index contributed by atoms with van der Waals surface area (Å²) >= 11 is 0. The highest BCUT2D eigenvalue weighted by atomic mass is 16.5. The van der Waals surface area contributed by atoms with Crippen LogP contribution in [0.3, 0.4) is 0 Å². The maximum Gasteiger partial charge on any atom is 0.131 e. The summed E-state index contributed by atoms with van der Waals surface area (Å²) in [4.78, 5) is 0. The smallest absolute Gasteiger partial charge is 0.131 e. The molecule has 6 rings (SSSR count). The summed E-state index contributed by atoms with van der Waals surface area (Å²) in [5, 5.41) is 0. The first kappa shape index (κ1) is 29.2. The van der Waals surface area contributed by atoms with Crippen molar-refractivity contribution in [2.75, 3.05) is 22.9 Å². The van der Waals surface area contributed by atoms with E-state index in [1.54, 1.807) is 24.3 Å². The third kappa shape index (κ3) is 8.86. The van der Waals surface area contributed by atoms with Crippen LogP contribution >= 0.6 is 0 Å². The van der Waals surface area contributed by atoms with Gasteiger partial charge in [0.05, 0.1) is 0 Å². The first-order valence-corrected chi connectivity index (χ1v) is 13.7. The number of hydrogen-bond acceptors (Lipinski definition) is 8. The average molecular weight is 585 g/mol. The monoisotopic (exact) mass is 584 g/mol. The molecule has 0 atom stereocenters. The van der Waals surface area contributed by atoms with Crippen molar-refractivity contribution in [2.45, 2.75) is 0 Å². The van der Waals surface area contributed by atoms with Crippen LogP contribution in [0.25, 0.3) is 0 Å². The fourth-order valence-corrected chi connectivity index (χ4v) is 4.06. The van der Waals surface area contributed by atoms with Crippen LogP contribution in [0.15, 0.2) is 146 Å². The molecule has 8 nitrogen and oxygen atoms in total. The molecule has 8 N–H and O–H groups in total. The second kappa shape index (κ2) is 14.1. The van der Waals surface area contributed by atoms with Crippen LogP contribution in [0.5, 0.6) is 46.0 Å². The lowest BCUT2D eigenvalue weighted by Crippen LogP contribution is -1.90. The fraction of sp³-hybridized carbons (Fsp3) is 0. The molecule has 0 unspecified atom stereocenters. The van der Waals surface area contributed by atoms with E-state index >= 15 is 0 Å². The van der Waals surface area contributed by atoms with Crippen molar-refractivity contribution in [3.05, 3.63) is 146 Å². The molecule has 0 spiro atoms. The summed E-state index contributed by atoms with van der Waals surface area (Å²) in [5.41, 5.74) is 25.6. The van der Waals surface area contributed by atoms with Gasteiger partial charge in [-0.2, -0.15) is 0 Å². The van der Waals surface area contributed by atoms with Crippen molar-refractivity contribution in [3.63, 3.8) is 0 Å². The van der Waals surface area contributed by atoms with E-state index in [0.29, 0.717) is 68.7 Å². The van der Waals surface area contributed by atoms with Gasteiger partial charge in [0.25, 0.3) is 0 Å². The molecule has 220 valence electrons. The molecule has 0 amide bonds. The average Bonchev–Trinajstić information content (AvgIpc) is 2.98. The zero-order valence-corrected chi connectivity index (χ0v) is 23.8. The maximum atomic E-state index is 5.78. The lowest BCUT2D eigenvalue weighted by molar-refractivity contribution is 0.460. The molecule has 0 heterocycles. The highest BCUT2D eigenvalue weighted by molar-refractivity contribution is 5.49. The molecular weight excluding hydrogens is 552 g/mol. The molecule has 0 aliphatic carbocycles. The zero-order valence-electron chi connectivity index (χ0n) is 23.8. The van der Waals surface area contributed by atoms with Crippen LogP contribution < -0.4 is 41.9 Å². The number of ether oxygens (including phenoxy) is 4. The molecule has 0 saturated heterocycles. The Morgan fingerprint density at radius 1 is 0.250 bits per heavy atom. The maximum absolute atomic E-state index is 5.78. The summed E-state index contributed by atoms with van der Waals surface area (Å²) < 4.78 is 23.1. The highest BCUT2D eigenvalue weighted by Crippen LogP contribution is 2.31. The summed E-state index contributed by atoms with van der Waals surface area (Å²) in [7, 11) is 0. The second-order valence-electron chi connectivity index (χ2n) is 9.65. The molecule has 0 aromatic heterocycles. The Hall–Kier alpha value is -6.28. The lowest BCUT2D eigenvalue weighted by Gasteiger charge is -2.09. The first-order valence-electron chi connectivity index (χ1n) is 13.7. The van der Waals surface area contributed by atoms with Crippen LogP contribution in [0.1, 0.15) is 0 Å². The van der Waals surface area contributed by atoms with Crippen molar-refractivity contribution < 1.29 is 18.9 Å². The zero-order chi connectivity index (χ0) is 30.7. The van der Waals surface area contributed by atoms with Crippen LogP contribution in [0.4, 0.5) is 22.7 Å². The molecule has 0 aliphatic rings. The van der Waals surface area contributed by atoms with E-state index in [1.807, 2.05) is 121 Å². The molecule has 44 heavy (non-hydrogen) atoms. The molecule has 6 aromatic rings. The van der Waals surface area contributed by atoms with Gasteiger partial charge in [-0.05, 0) is 72.8 Å². The minimum atomic E-state index is 0.657. The Morgan fingerprint density at radius 2 is 0.432 bits per heavy atom. The number of nitrogens with two attached hydrogens (primary N) is 4. The Labute approximate surface area is 256 Å². The molecule has 6 aromatic carbocycles. The molecular formula is C36H32N4O4. The third-order valence-electron chi connectivity index (χ3n) is 5.99. The molecule has 0 bridgehead atoms. The largest absolute Gasteiger partial charge is 0.457 e. The van der Waals surface area contributed by atoms with Gasteiger partial charge in [-0.3, -0.25) is 0 Å². The standard InChI is InChI=1S/2C18H16N2O2/c2*19-13-4-1-6-15(10-13)21-17-8-3-9-18(12-17)22-16-7-2-5-14(20)11-16/h2*1-12H,19-20H2. The Kier molecular flexibility index (Phi) is 9.34. The fourth-order valence-electron chi connectivity index (χ4n) is 4.06. The van der Waals surface area contributed by atoms with Crippen molar-refractivity contribution in [3.8, 4) is 46.0 Å². The minimum absolute atomic E-state index is 0.657. The Balaban J connectivity index is 0.000000175. The molecule has 0 aliphatic heterocycles. The predicted octanol–water partition coefficient (Wildman–Crippen LogP) is 8.87. The normalized spacial score (nSPS) is 10.2. The van der Waals surface area contributed by atoms with Gasteiger partial charge in [-0.15, -0.1) is 0 Å². The van der Waals surface area contributed by atoms with Crippen LogP contribution in [-0.2, 0) is 0 Å². The van der Waals surface area contributed by atoms with Gasteiger partial charge in [0.15, 0.2) is 0 Å². The summed E-state index contributed by atoms with van der Waals surface area (Å²) in [6.45, 7) is 0. The minimum Gasteiger partial charge on any atom is -0.457 e. The van der Waals surface area contributed by atoms with Crippen LogP contribution in [0.2, 0.25) is 0 Å². The number of rotatable bonds is 8. The van der Waals surface area contributed by atoms with Crippen molar-refractivity contribution in [1.82, 2.24) is 0 Å². The van der Waals surface area contributed by atoms with Crippen molar-refractivity contribution >= 4 is 22.7 Å². The van der Waals surface area contributed by atoms with Crippen LogP contribution in [0, 0.1) is 0 Å². The van der Waals surface area contributed by atoms with Gasteiger partial charge in [-0.25, -0.2) is 0 Å². The van der Waals surface area contributed by atoms with Gasteiger partial charge >= 0.3 is 0 Å². The molecule has 8 heteroatoms. The lowest BCUT2D eigenvalue weighted by atomic mass is 10.3. The second-order valence-corrected chi connectivity index (χ2v) is 9.65. The number of anilines is 4. The van der Waals surface area contributed by atoms with Gasteiger partial charge in [0.1, 0.15) is 46.0 Å². The van der Waals surface area contributed by atoms with E-state index in [4.69, 9.17) is 41.9 Å². The number of nitrogen functional groups attached to an aromatic ring is 4. The van der Waals surface area contributed by atoms with E-state index in [0.717, 1.165) is 0 Å². The highest BCUT2D eigenvalue weighted by Gasteiger charge is 2.04. The van der Waals surface area contributed by atoms with Crippen molar-refractivity contribution in [2.24, 2.45) is 0 Å². The van der Waals surface area contributed by atoms with Gasteiger partial charge in [0.2, 0.25) is 0 Å². The predicted molar refractivity (Wildman–Crippen MR) is 177 cm³/mol. The topological polar surface area (TPSA) is 141 Å². The van der Waals surface area contributed by atoms with Gasteiger partial charge in [0, 0.05) is 59.1 Å². The number of hydrogen-bond donors (Lipinski definition) is 4. The SMILES string of the molecule is Nc1cccc(Oc2cccc(Oc3cccc(N)c3)c2)c1.Nc1cccc(Oc2cccc(Oc3cccc(N)c3)c2)c1. The third-order valence-corrected chi connectivity index (χ3v) is 5.99. The summed E-state index contributed by atoms with van der Waals surface area (Å²) in [6, 6.07) is 43.9. The molecule has 0 fully saturated rings. The summed E-state index contributed by atoms with van der Waals surface area (Å²) in [5.74, 6) is 5.42. The molecule has 0 radical (unpaired) electrons. The van der Waals surface area contributed by atoms with Crippen LogP contribution in [-0.4, -0.2) is 0 Å². The van der Waals surface area contributed by atoms with Gasteiger partial charge < -0.3 is 41.9 Å². The van der Waals surface area contributed by atoms with Crippen molar-refractivity contribution in [1.29, 1.82) is 0 Å². The van der Waals surface area contributed by atoms with E-state index < -0.39 is 0 Å².